The second kappa shape index (κ2) is 5.00. The third-order valence-corrected chi connectivity index (χ3v) is 3.36. The van der Waals surface area contributed by atoms with Crippen molar-refractivity contribution in [1.82, 2.24) is 9.55 Å². The lowest BCUT2D eigenvalue weighted by molar-refractivity contribution is -0.201. The van der Waals surface area contributed by atoms with E-state index in [1.807, 2.05) is 0 Å². The van der Waals surface area contributed by atoms with Crippen LogP contribution < -0.4 is 0 Å². The van der Waals surface area contributed by atoms with Crippen LogP contribution in [0.25, 0.3) is 22.2 Å². The van der Waals surface area contributed by atoms with Gasteiger partial charge in [-0.15, -0.1) is 13.2 Å². The van der Waals surface area contributed by atoms with Gasteiger partial charge in [0.25, 0.3) is 0 Å². The molecule has 0 aliphatic carbocycles. The maximum atomic E-state index is 13.0. The molecule has 0 spiro atoms. The third kappa shape index (κ3) is 2.76. The predicted molar refractivity (Wildman–Crippen MR) is 71.5 cm³/mol. The van der Waals surface area contributed by atoms with Gasteiger partial charge in [0.05, 0.1) is 16.6 Å². The molecule has 0 unspecified atom stereocenters. The summed E-state index contributed by atoms with van der Waals surface area (Å²) in [5, 5.41) is 0. The van der Waals surface area contributed by atoms with E-state index < -0.39 is 18.0 Å². The fraction of sp³-hybridized carbons (Fsp3) is 0.133. The molecule has 2 nitrogen and oxygen atoms in total. The molecule has 2 aromatic carbocycles. The number of fused-ring (bicyclic) bond motifs is 1. The second-order valence-electron chi connectivity index (χ2n) is 4.83. The molecule has 0 radical (unpaired) electrons. The molecule has 23 heavy (non-hydrogen) atoms. The monoisotopic (exact) mass is 330 g/mol. The van der Waals surface area contributed by atoms with E-state index in [0.717, 1.165) is 12.1 Å². The van der Waals surface area contributed by atoms with E-state index in [1.54, 1.807) is 0 Å². The van der Waals surface area contributed by atoms with Gasteiger partial charge < -0.3 is 0 Å². The van der Waals surface area contributed by atoms with Crippen LogP contribution in [0.5, 0.6) is 0 Å². The highest BCUT2D eigenvalue weighted by molar-refractivity contribution is 5.83. The van der Waals surface area contributed by atoms with Gasteiger partial charge in [0.1, 0.15) is 6.33 Å². The summed E-state index contributed by atoms with van der Waals surface area (Å²) in [4.78, 5) is 3.62. The van der Waals surface area contributed by atoms with Gasteiger partial charge in [-0.2, -0.15) is 13.2 Å². The van der Waals surface area contributed by atoms with Crippen LogP contribution in [-0.2, 0) is 12.5 Å². The van der Waals surface area contributed by atoms with Crippen LogP contribution in [0.3, 0.4) is 0 Å². The highest BCUT2D eigenvalue weighted by Crippen LogP contribution is 2.38. The molecule has 1 aromatic heterocycles. The molecule has 0 atom stereocenters. The molecular formula is C15H8F6N2. The van der Waals surface area contributed by atoms with Gasteiger partial charge in [-0.05, 0) is 29.3 Å². The van der Waals surface area contributed by atoms with Crippen molar-refractivity contribution in [3.63, 3.8) is 0 Å². The fourth-order valence-electron chi connectivity index (χ4n) is 2.36. The Balaban J connectivity index is 2.17. The fourth-order valence-corrected chi connectivity index (χ4v) is 2.36. The van der Waals surface area contributed by atoms with Crippen LogP contribution in [0.1, 0.15) is 5.56 Å². The summed E-state index contributed by atoms with van der Waals surface area (Å²) in [6, 6.07) is 8.42. The lowest BCUT2D eigenvalue weighted by atomic mass is 9.99. The molecule has 0 fully saturated rings. The molecule has 0 amide bonds. The van der Waals surface area contributed by atoms with Crippen molar-refractivity contribution < 1.29 is 26.3 Å². The quantitative estimate of drug-likeness (QED) is 0.561. The molecular weight excluding hydrogens is 322 g/mol. The molecule has 0 aliphatic rings. The molecule has 0 aliphatic heterocycles. The number of hydrogen-bond acceptors (Lipinski definition) is 1. The summed E-state index contributed by atoms with van der Waals surface area (Å²) in [5.41, 5.74) is -1.06. The van der Waals surface area contributed by atoms with E-state index in [0.29, 0.717) is 6.33 Å². The van der Waals surface area contributed by atoms with E-state index in [1.165, 1.54) is 30.3 Å². The summed E-state index contributed by atoms with van der Waals surface area (Å²) in [7, 11) is 0. The lowest BCUT2D eigenvalue weighted by Gasteiger charge is -2.13. The predicted octanol–water partition coefficient (Wildman–Crippen LogP) is 5.20. The molecule has 0 N–H and O–H groups in total. The number of halogens is 6. The summed E-state index contributed by atoms with van der Waals surface area (Å²) < 4.78 is 77.4. The van der Waals surface area contributed by atoms with E-state index >= 15 is 0 Å². The number of hydrogen-bond donors (Lipinski definition) is 0. The van der Waals surface area contributed by atoms with Gasteiger partial charge in [0, 0.05) is 0 Å². The van der Waals surface area contributed by atoms with Gasteiger partial charge in [-0.3, -0.25) is 0 Å². The number of rotatable bonds is 1. The van der Waals surface area contributed by atoms with Crippen LogP contribution in [0, 0.1) is 0 Å². The minimum absolute atomic E-state index is 0.0157. The van der Waals surface area contributed by atoms with Gasteiger partial charge in [0.15, 0.2) is 0 Å². The van der Waals surface area contributed by atoms with Crippen LogP contribution in [0.2, 0.25) is 0 Å². The molecule has 0 saturated carbocycles. The maximum Gasteiger partial charge on any atom is 0.490 e. The number of benzene rings is 2. The smallest absolute Gasteiger partial charge is 0.241 e. The Morgan fingerprint density at radius 2 is 1.57 bits per heavy atom. The normalized spacial score (nSPS) is 12.8. The summed E-state index contributed by atoms with van der Waals surface area (Å²) in [6.45, 7) is 0. The van der Waals surface area contributed by atoms with E-state index in [2.05, 4.69) is 4.98 Å². The summed E-state index contributed by atoms with van der Waals surface area (Å²) in [5.74, 6) is 0. The van der Waals surface area contributed by atoms with Gasteiger partial charge >= 0.3 is 12.5 Å². The Morgan fingerprint density at radius 1 is 0.870 bits per heavy atom. The average Bonchev–Trinajstić information content (AvgIpc) is 2.89. The molecule has 120 valence electrons. The van der Waals surface area contributed by atoms with E-state index in [-0.39, 0.29) is 26.7 Å². The van der Waals surface area contributed by atoms with Crippen LogP contribution in [-0.4, -0.2) is 9.55 Å². The zero-order chi connectivity index (χ0) is 16.8. The number of aromatic nitrogens is 2. The van der Waals surface area contributed by atoms with E-state index in [4.69, 9.17) is 0 Å². The van der Waals surface area contributed by atoms with Gasteiger partial charge in [-0.1, -0.05) is 24.3 Å². The number of imidazole rings is 1. The number of nitrogens with zero attached hydrogens (tertiary/aromatic N) is 2. The van der Waals surface area contributed by atoms with Crippen molar-refractivity contribution in [3.8, 4) is 11.1 Å². The third-order valence-electron chi connectivity index (χ3n) is 3.36. The van der Waals surface area contributed by atoms with Crippen molar-refractivity contribution in [3.05, 3.63) is 54.4 Å². The molecule has 3 rings (SSSR count). The lowest BCUT2D eigenvalue weighted by Crippen LogP contribution is -2.14. The van der Waals surface area contributed by atoms with Crippen molar-refractivity contribution >= 4 is 11.0 Å². The first-order valence-electron chi connectivity index (χ1n) is 6.39. The van der Waals surface area contributed by atoms with Crippen molar-refractivity contribution in [2.24, 2.45) is 0 Å². The summed E-state index contributed by atoms with van der Waals surface area (Å²) in [6.07, 6.45) is -8.60. The SMILES string of the molecule is FC(F)(F)c1ccccc1-c1ccc2c(c1)ncn2C(F)(F)F. The highest BCUT2D eigenvalue weighted by atomic mass is 19.4. The topological polar surface area (TPSA) is 17.8 Å². The van der Waals surface area contributed by atoms with Crippen LogP contribution in [0.4, 0.5) is 26.3 Å². The molecule has 8 heteroatoms. The Hall–Kier alpha value is -2.51. The Labute approximate surface area is 126 Å². The second-order valence-corrected chi connectivity index (χ2v) is 4.83. The number of alkyl halides is 6. The van der Waals surface area contributed by atoms with Crippen LogP contribution >= 0.6 is 0 Å². The van der Waals surface area contributed by atoms with Crippen LogP contribution in [0.15, 0.2) is 48.8 Å². The molecule has 3 aromatic rings. The Bertz CT molecular complexity index is 860. The first-order chi connectivity index (χ1) is 10.7. The summed E-state index contributed by atoms with van der Waals surface area (Å²) >= 11 is 0. The maximum absolute atomic E-state index is 13.0. The van der Waals surface area contributed by atoms with Gasteiger partial charge in [0.2, 0.25) is 0 Å². The Morgan fingerprint density at radius 3 is 2.22 bits per heavy atom. The Kier molecular flexibility index (Phi) is 3.35. The van der Waals surface area contributed by atoms with Crippen molar-refractivity contribution in [2.45, 2.75) is 12.5 Å². The van der Waals surface area contributed by atoms with E-state index in [9.17, 15) is 26.3 Å². The zero-order valence-electron chi connectivity index (χ0n) is 11.3. The largest absolute Gasteiger partial charge is 0.490 e. The minimum atomic E-state index is -4.64. The molecule has 1 heterocycles. The molecule has 0 saturated heterocycles. The van der Waals surface area contributed by atoms with Crippen molar-refractivity contribution in [1.29, 1.82) is 0 Å². The first kappa shape index (κ1) is 15.4. The zero-order valence-corrected chi connectivity index (χ0v) is 11.3. The minimum Gasteiger partial charge on any atom is -0.241 e. The first-order valence-corrected chi connectivity index (χ1v) is 6.39. The van der Waals surface area contributed by atoms with Gasteiger partial charge in [-0.25, -0.2) is 9.55 Å². The average molecular weight is 330 g/mol. The molecule has 0 bridgehead atoms. The highest BCUT2D eigenvalue weighted by Gasteiger charge is 2.34. The van der Waals surface area contributed by atoms with Crippen molar-refractivity contribution in [2.75, 3.05) is 0 Å². The standard InChI is InChI=1S/C15H8F6N2/c16-14(17,18)11-4-2-1-3-10(11)9-5-6-13-12(7-9)22-8-23(13)15(19,20)21/h1-8H.